The number of ketones is 1. The van der Waals surface area contributed by atoms with Crippen LogP contribution in [0.1, 0.15) is 34.8 Å². The predicted molar refractivity (Wildman–Crippen MR) is 170 cm³/mol. The van der Waals surface area contributed by atoms with Gasteiger partial charge in [-0.2, -0.15) is 23.1 Å². The maximum atomic E-state index is 12.8. The number of hydrogen-bond donors (Lipinski definition) is 4. The fourth-order valence-corrected chi connectivity index (χ4v) is 4.52. The molecule has 0 aliphatic carbocycles. The van der Waals surface area contributed by atoms with Crippen molar-refractivity contribution in [3.8, 4) is 6.01 Å². The van der Waals surface area contributed by atoms with Crippen molar-refractivity contribution < 1.29 is 32.3 Å². The largest absolute Gasteiger partial charge is 0.454 e. The van der Waals surface area contributed by atoms with Crippen LogP contribution in [0.25, 0.3) is 0 Å². The van der Waals surface area contributed by atoms with Crippen LogP contribution in [0.5, 0.6) is 6.01 Å². The summed E-state index contributed by atoms with van der Waals surface area (Å²) in [6.45, 7) is 2.67. The van der Waals surface area contributed by atoms with Crippen molar-refractivity contribution in [2.24, 2.45) is 5.41 Å². The molecule has 0 saturated carbocycles. The summed E-state index contributed by atoms with van der Waals surface area (Å²) in [7, 11) is 0. The highest BCUT2D eigenvalue weighted by molar-refractivity contribution is 7.09. The number of anilines is 3. The Morgan fingerprint density at radius 3 is 2.32 bits per heavy atom. The lowest BCUT2D eigenvalue weighted by atomic mass is 9.93. The Hall–Kier alpha value is -4.83. The Bertz CT molecular complexity index is 1670. The SMILES string of the molecule is CC(C)(CNC(=O)C(=O)Cc1nccs1)CNC(=O)c1ccc(Nc2cc(NCc3ccc(Cl)cc3)nc(OCC(F)(F)F)n2)nc1. The number of halogens is 4. The van der Waals surface area contributed by atoms with Gasteiger partial charge in [0.2, 0.25) is 5.78 Å². The van der Waals surface area contributed by atoms with Crippen molar-refractivity contribution in [2.75, 3.05) is 30.3 Å². The number of nitrogens with one attached hydrogen (secondary N) is 4. The molecule has 248 valence electrons. The molecule has 0 unspecified atom stereocenters. The van der Waals surface area contributed by atoms with Gasteiger partial charge >= 0.3 is 12.2 Å². The number of benzene rings is 1. The standard InChI is InChI=1S/C30H30ClF3N8O4S/c1-29(2,16-39-27(45)21(43)11-25-35-9-10-47-25)15-38-26(44)19-5-8-22(37-14-19)40-24-12-23(36-13-18-3-6-20(31)7-4-18)41-28(42-24)46-17-30(32,33)34/h3-10,12,14H,11,13,15-17H2,1-2H3,(H,38,44)(H,39,45)(H2,36,37,40,41,42). The van der Waals surface area contributed by atoms with Crippen LogP contribution in [-0.2, 0) is 22.6 Å². The molecule has 1 aromatic carbocycles. The van der Waals surface area contributed by atoms with Crippen molar-refractivity contribution in [3.63, 3.8) is 0 Å². The molecule has 0 radical (unpaired) electrons. The van der Waals surface area contributed by atoms with Gasteiger partial charge in [-0.1, -0.05) is 37.6 Å². The quantitative estimate of drug-likeness (QED) is 0.126. The van der Waals surface area contributed by atoms with Crippen molar-refractivity contribution in [1.29, 1.82) is 0 Å². The summed E-state index contributed by atoms with van der Waals surface area (Å²) in [4.78, 5) is 53.3. The number of alkyl halides is 3. The van der Waals surface area contributed by atoms with Gasteiger partial charge < -0.3 is 26.0 Å². The van der Waals surface area contributed by atoms with E-state index in [4.69, 9.17) is 16.3 Å². The molecular formula is C30H30ClF3N8O4S. The van der Waals surface area contributed by atoms with Crippen LogP contribution in [-0.4, -0.2) is 63.4 Å². The zero-order chi connectivity index (χ0) is 34.0. The van der Waals surface area contributed by atoms with Crippen LogP contribution in [0.4, 0.5) is 30.6 Å². The molecule has 4 N–H and O–H groups in total. The number of Topliss-reactive ketones (excluding diaryl/α,β-unsaturated/α-hetero) is 1. The fourth-order valence-electron chi connectivity index (χ4n) is 3.78. The predicted octanol–water partition coefficient (Wildman–Crippen LogP) is 4.96. The summed E-state index contributed by atoms with van der Waals surface area (Å²) in [5, 5.41) is 14.1. The van der Waals surface area contributed by atoms with Gasteiger partial charge in [-0.25, -0.2) is 9.97 Å². The van der Waals surface area contributed by atoms with Gasteiger partial charge in [0.25, 0.3) is 11.8 Å². The molecule has 3 heterocycles. The Balaban J connectivity index is 1.33. The molecule has 2 amide bonds. The molecular weight excluding hydrogens is 661 g/mol. The van der Waals surface area contributed by atoms with Gasteiger partial charge in [-0.3, -0.25) is 14.4 Å². The first-order valence-corrected chi connectivity index (χ1v) is 15.3. The maximum Gasteiger partial charge on any atom is 0.422 e. The number of ether oxygens (including phenoxy) is 1. The van der Waals surface area contributed by atoms with Crippen LogP contribution in [0.3, 0.4) is 0 Å². The number of amides is 2. The Morgan fingerprint density at radius 2 is 1.66 bits per heavy atom. The van der Waals surface area contributed by atoms with E-state index in [0.29, 0.717) is 16.6 Å². The maximum absolute atomic E-state index is 12.8. The second-order valence-electron chi connectivity index (χ2n) is 10.9. The van der Waals surface area contributed by atoms with Crippen LogP contribution >= 0.6 is 22.9 Å². The molecule has 0 fully saturated rings. The van der Waals surface area contributed by atoms with Crippen LogP contribution in [0.15, 0.2) is 60.2 Å². The average Bonchev–Trinajstić information content (AvgIpc) is 3.54. The van der Waals surface area contributed by atoms with Gasteiger partial charge in [0.1, 0.15) is 22.5 Å². The molecule has 0 aliphatic heterocycles. The van der Waals surface area contributed by atoms with Gasteiger partial charge in [-0.05, 0) is 35.2 Å². The van der Waals surface area contributed by atoms with E-state index in [1.807, 2.05) is 13.8 Å². The third kappa shape index (κ3) is 11.8. The number of hydrogen-bond acceptors (Lipinski definition) is 11. The van der Waals surface area contributed by atoms with Crippen molar-refractivity contribution in [3.05, 3.63) is 81.4 Å². The second kappa shape index (κ2) is 15.6. The molecule has 0 atom stereocenters. The highest BCUT2D eigenvalue weighted by Gasteiger charge is 2.29. The molecule has 3 aromatic heterocycles. The lowest BCUT2D eigenvalue weighted by Crippen LogP contribution is -2.44. The first-order chi connectivity index (χ1) is 22.2. The Morgan fingerprint density at radius 1 is 0.936 bits per heavy atom. The minimum absolute atomic E-state index is 0.0783. The number of aromatic nitrogens is 4. The van der Waals surface area contributed by atoms with Crippen molar-refractivity contribution in [1.82, 2.24) is 30.6 Å². The first-order valence-electron chi connectivity index (χ1n) is 14.0. The van der Waals surface area contributed by atoms with E-state index >= 15 is 0 Å². The highest BCUT2D eigenvalue weighted by Crippen LogP contribution is 2.23. The zero-order valence-corrected chi connectivity index (χ0v) is 26.7. The Kier molecular flexibility index (Phi) is 11.7. The number of pyridine rings is 1. The van der Waals surface area contributed by atoms with E-state index in [0.717, 1.165) is 5.56 Å². The van der Waals surface area contributed by atoms with E-state index in [1.165, 1.54) is 35.7 Å². The topological polar surface area (TPSA) is 160 Å². The minimum Gasteiger partial charge on any atom is -0.454 e. The summed E-state index contributed by atoms with van der Waals surface area (Å²) in [6, 6.07) is 10.9. The third-order valence-electron chi connectivity index (χ3n) is 6.24. The van der Waals surface area contributed by atoms with E-state index < -0.39 is 41.8 Å². The highest BCUT2D eigenvalue weighted by atomic mass is 35.5. The molecule has 17 heteroatoms. The number of nitrogens with zero attached hydrogens (tertiary/aromatic N) is 4. The second-order valence-corrected chi connectivity index (χ2v) is 12.3. The van der Waals surface area contributed by atoms with Crippen molar-refractivity contribution >= 4 is 58.0 Å². The molecule has 12 nitrogen and oxygen atoms in total. The number of rotatable bonds is 15. The van der Waals surface area contributed by atoms with E-state index in [9.17, 15) is 27.6 Å². The normalized spacial score (nSPS) is 11.4. The molecule has 47 heavy (non-hydrogen) atoms. The van der Waals surface area contributed by atoms with Gasteiger partial charge in [0.15, 0.2) is 6.61 Å². The molecule has 4 aromatic rings. The summed E-state index contributed by atoms with van der Waals surface area (Å²) >= 11 is 7.21. The van der Waals surface area contributed by atoms with Gasteiger partial charge in [-0.15, -0.1) is 11.3 Å². The van der Waals surface area contributed by atoms with Gasteiger partial charge in [0.05, 0.1) is 12.0 Å². The summed E-state index contributed by atoms with van der Waals surface area (Å²) < 4.78 is 43.1. The molecule has 4 rings (SSSR count). The molecule has 0 aliphatic rings. The zero-order valence-electron chi connectivity index (χ0n) is 25.2. The fraction of sp³-hybridized carbons (Fsp3) is 0.300. The summed E-state index contributed by atoms with van der Waals surface area (Å²) in [5.41, 5.74) is 0.498. The summed E-state index contributed by atoms with van der Waals surface area (Å²) in [5.74, 6) is -1.23. The van der Waals surface area contributed by atoms with Crippen molar-refractivity contribution in [2.45, 2.75) is 33.0 Å². The average molecular weight is 691 g/mol. The van der Waals surface area contributed by atoms with Crippen LogP contribution in [0.2, 0.25) is 5.02 Å². The minimum atomic E-state index is -4.59. The van der Waals surface area contributed by atoms with E-state index in [-0.39, 0.29) is 42.5 Å². The van der Waals surface area contributed by atoms with Crippen LogP contribution < -0.4 is 26.0 Å². The Labute approximate surface area is 276 Å². The number of thiazole rings is 1. The smallest absolute Gasteiger partial charge is 0.422 e. The van der Waals surface area contributed by atoms with E-state index in [1.54, 1.807) is 35.8 Å². The lowest BCUT2D eigenvalue weighted by Gasteiger charge is -2.25. The van der Waals surface area contributed by atoms with Gasteiger partial charge in [0, 0.05) is 48.5 Å². The lowest BCUT2D eigenvalue weighted by molar-refractivity contribution is -0.154. The van der Waals surface area contributed by atoms with E-state index in [2.05, 4.69) is 41.2 Å². The monoisotopic (exact) mass is 690 g/mol. The first kappa shape index (κ1) is 35.0. The number of carbonyl (C=O) groups excluding carboxylic acids is 3. The molecule has 0 bridgehead atoms. The number of carbonyl (C=O) groups is 3. The molecule has 0 saturated heterocycles. The summed E-state index contributed by atoms with van der Waals surface area (Å²) in [6.07, 6.45) is -1.80. The molecule has 0 spiro atoms. The van der Waals surface area contributed by atoms with Crippen LogP contribution in [0, 0.1) is 5.41 Å². The third-order valence-corrected chi connectivity index (χ3v) is 7.27.